The molecule has 2 heterocycles. The molecule has 3 aromatic rings. The van der Waals surface area contributed by atoms with Crippen LogP contribution in [0.15, 0.2) is 52.2 Å². The van der Waals surface area contributed by atoms with Gasteiger partial charge in [0.2, 0.25) is 10.0 Å². The van der Waals surface area contributed by atoms with Crippen molar-refractivity contribution in [3.05, 3.63) is 57.7 Å². The molecule has 1 aromatic heterocycles. The van der Waals surface area contributed by atoms with Crippen LogP contribution in [0.4, 0.5) is 5.69 Å². The molecule has 2 aromatic carbocycles. The van der Waals surface area contributed by atoms with Crippen molar-refractivity contribution in [3.8, 4) is 0 Å². The highest BCUT2D eigenvalue weighted by molar-refractivity contribution is 7.89. The van der Waals surface area contributed by atoms with Gasteiger partial charge in [-0.25, -0.2) is 13.1 Å². The van der Waals surface area contributed by atoms with E-state index < -0.39 is 10.0 Å². The zero-order valence-corrected chi connectivity index (χ0v) is 18.2. The van der Waals surface area contributed by atoms with E-state index in [2.05, 4.69) is 34.7 Å². The Morgan fingerprint density at radius 1 is 1.21 bits per heavy atom. The van der Waals surface area contributed by atoms with E-state index in [1.807, 2.05) is 13.0 Å². The van der Waals surface area contributed by atoms with Crippen LogP contribution in [0.25, 0.3) is 10.2 Å². The van der Waals surface area contributed by atoms with Crippen LogP contribution in [0.3, 0.4) is 0 Å². The lowest BCUT2D eigenvalue weighted by Gasteiger charge is -2.24. The average molecular weight is 432 g/mol. The molecule has 1 atom stereocenters. The first-order valence-corrected chi connectivity index (χ1v) is 12.2. The fourth-order valence-corrected chi connectivity index (χ4v) is 6.19. The first-order chi connectivity index (χ1) is 13.9. The van der Waals surface area contributed by atoms with Crippen LogP contribution in [-0.4, -0.2) is 32.1 Å². The predicted molar refractivity (Wildman–Crippen MR) is 119 cm³/mol. The summed E-state index contributed by atoms with van der Waals surface area (Å²) in [7, 11) is -3.61. The van der Waals surface area contributed by atoms with E-state index in [9.17, 15) is 13.2 Å². The molecule has 0 radical (unpaired) electrons. The second-order valence-electron chi connectivity index (χ2n) is 7.37. The van der Waals surface area contributed by atoms with Crippen molar-refractivity contribution in [2.75, 3.05) is 18.0 Å². The van der Waals surface area contributed by atoms with E-state index in [1.54, 1.807) is 22.8 Å². The number of sulfonamides is 1. The van der Waals surface area contributed by atoms with Crippen LogP contribution in [0.1, 0.15) is 25.8 Å². The van der Waals surface area contributed by atoms with Gasteiger partial charge >= 0.3 is 4.87 Å². The summed E-state index contributed by atoms with van der Waals surface area (Å²) in [6.45, 7) is 5.85. The molecule has 6 nitrogen and oxygen atoms in total. The summed E-state index contributed by atoms with van der Waals surface area (Å²) in [6, 6.07) is 13.7. The first kappa shape index (κ1) is 20.1. The number of hydrogen-bond donors (Lipinski definition) is 1. The van der Waals surface area contributed by atoms with Gasteiger partial charge in [-0.15, -0.1) is 0 Å². The number of aryl methyl sites for hydroxylation is 1. The zero-order valence-electron chi connectivity index (χ0n) is 16.6. The minimum absolute atomic E-state index is 0.0648. The molecule has 1 unspecified atom stereocenters. The largest absolute Gasteiger partial charge is 0.368 e. The van der Waals surface area contributed by atoms with Crippen molar-refractivity contribution in [1.29, 1.82) is 0 Å². The number of nitrogens with one attached hydrogen (secondary N) is 1. The number of aromatic nitrogens is 1. The molecule has 0 fully saturated rings. The molecule has 0 amide bonds. The minimum Gasteiger partial charge on any atom is -0.368 e. The van der Waals surface area contributed by atoms with Gasteiger partial charge in [-0.1, -0.05) is 29.5 Å². The first-order valence-electron chi connectivity index (χ1n) is 9.88. The molecule has 0 spiro atoms. The Labute approximate surface area is 174 Å². The summed E-state index contributed by atoms with van der Waals surface area (Å²) >= 11 is 1.08. The topological polar surface area (TPSA) is 71.4 Å². The lowest BCUT2D eigenvalue weighted by atomic mass is 10.1. The van der Waals surface area contributed by atoms with E-state index in [1.165, 1.54) is 11.3 Å². The molecule has 0 saturated carbocycles. The molecule has 154 valence electrons. The highest BCUT2D eigenvalue weighted by atomic mass is 32.2. The van der Waals surface area contributed by atoms with Crippen molar-refractivity contribution < 1.29 is 8.42 Å². The molecular weight excluding hydrogens is 406 g/mol. The maximum absolute atomic E-state index is 12.7. The number of para-hydroxylation sites is 1. The van der Waals surface area contributed by atoms with E-state index in [0.717, 1.165) is 36.2 Å². The van der Waals surface area contributed by atoms with E-state index >= 15 is 0 Å². The number of benzene rings is 2. The van der Waals surface area contributed by atoms with Crippen molar-refractivity contribution in [2.24, 2.45) is 0 Å². The van der Waals surface area contributed by atoms with Crippen LogP contribution in [-0.2, 0) is 23.0 Å². The van der Waals surface area contributed by atoms with Gasteiger partial charge in [-0.3, -0.25) is 9.36 Å². The van der Waals surface area contributed by atoms with Crippen LogP contribution in [0, 0.1) is 0 Å². The van der Waals surface area contributed by atoms with Crippen molar-refractivity contribution in [2.45, 2.75) is 44.2 Å². The zero-order chi connectivity index (χ0) is 20.6. The second kappa shape index (κ2) is 7.93. The smallest absolute Gasteiger partial charge is 0.308 e. The third-order valence-corrected chi connectivity index (χ3v) is 7.88. The maximum Gasteiger partial charge on any atom is 0.308 e. The monoisotopic (exact) mass is 431 g/mol. The predicted octanol–water partition coefficient (Wildman–Crippen LogP) is 3.20. The van der Waals surface area contributed by atoms with E-state index in [0.29, 0.717) is 23.8 Å². The summed E-state index contributed by atoms with van der Waals surface area (Å²) in [5, 5.41) is 0. The quantitative estimate of drug-likeness (QED) is 0.583. The van der Waals surface area contributed by atoms with Gasteiger partial charge in [-0.2, -0.15) is 0 Å². The van der Waals surface area contributed by atoms with Gasteiger partial charge in [0.15, 0.2) is 0 Å². The van der Waals surface area contributed by atoms with Crippen LogP contribution >= 0.6 is 11.3 Å². The third-order valence-electron chi connectivity index (χ3n) is 5.48. The Morgan fingerprint density at radius 3 is 2.79 bits per heavy atom. The van der Waals surface area contributed by atoms with Gasteiger partial charge in [0.25, 0.3) is 0 Å². The summed E-state index contributed by atoms with van der Waals surface area (Å²) in [4.78, 5) is 14.5. The highest BCUT2D eigenvalue weighted by Crippen LogP contribution is 2.31. The summed E-state index contributed by atoms with van der Waals surface area (Å²) in [5.74, 6) is 0. The van der Waals surface area contributed by atoms with Gasteiger partial charge < -0.3 is 4.90 Å². The Balaban J connectivity index is 1.41. The molecule has 8 heteroatoms. The van der Waals surface area contributed by atoms with Gasteiger partial charge in [0.05, 0.1) is 15.1 Å². The fraction of sp³-hybridized carbons (Fsp3) is 0.381. The molecule has 0 aliphatic carbocycles. The number of rotatable bonds is 7. The molecule has 29 heavy (non-hydrogen) atoms. The highest BCUT2D eigenvalue weighted by Gasteiger charge is 2.25. The molecule has 1 aliphatic heterocycles. The normalized spacial score (nSPS) is 16.5. The lowest BCUT2D eigenvalue weighted by molar-refractivity contribution is 0.576. The van der Waals surface area contributed by atoms with Crippen molar-refractivity contribution >= 4 is 37.3 Å². The van der Waals surface area contributed by atoms with E-state index in [4.69, 9.17) is 0 Å². The van der Waals surface area contributed by atoms with Crippen molar-refractivity contribution in [1.82, 2.24) is 9.29 Å². The lowest BCUT2D eigenvalue weighted by Crippen LogP contribution is -2.33. The molecule has 1 N–H and O–H groups in total. The maximum atomic E-state index is 12.7. The molecule has 4 rings (SSSR count). The van der Waals surface area contributed by atoms with Gasteiger partial charge in [-0.05, 0) is 56.5 Å². The summed E-state index contributed by atoms with van der Waals surface area (Å²) in [6.07, 6.45) is 1.75. The third kappa shape index (κ3) is 3.84. The SMILES string of the molecule is CCn1c(=O)sc2cc(S(=O)(=O)NCCCN3c4ccccc4CC3C)ccc21. The Kier molecular flexibility index (Phi) is 5.50. The number of hydrogen-bond acceptors (Lipinski definition) is 5. The Hall–Kier alpha value is -2.16. The Bertz CT molecular complexity index is 1200. The van der Waals surface area contributed by atoms with Crippen LogP contribution in [0.2, 0.25) is 0 Å². The average Bonchev–Trinajstić information content (AvgIpc) is 3.19. The van der Waals surface area contributed by atoms with Crippen LogP contribution < -0.4 is 14.5 Å². The van der Waals surface area contributed by atoms with Crippen molar-refractivity contribution in [3.63, 3.8) is 0 Å². The fourth-order valence-electron chi connectivity index (χ4n) is 4.02. The molecular formula is C21H25N3O3S2. The second-order valence-corrected chi connectivity index (χ2v) is 10.1. The number of anilines is 1. The van der Waals surface area contributed by atoms with Gasteiger partial charge in [0.1, 0.15) is 0 Å². The molecule has 0 bridgehead atoms. The summed E-state index contributed by atoms with van der Waals surface area (Å²) in [5.41, 5.74) is 3.39. The number of thiazole rings is 1. The molecule has 0 saturated heterocycles. The standard InChI is InChI=1S/C21H25N3O3S2/c1-3-23-19-10-9-17(14-20(19)28-21(23)25)29(26,27)22-11-6-12-24-15(2)13-16-7-4-5-8-18(16)24/h4-5,7-10,14-15,22H,3,6,11-13H2,1-2H3. The number of nitrogens with zero attached hydrogens (tertiary/aromatic N) is 2. The van der Waals surface area contributed by atoms with Gasteiger partial charge in [0, 0.05) is 31.4 Å². The summed E-state index contributed by atoms with van der Waals surface area (Å²) < 4.78 is 30.4. The minimum atomic E-state index is -3.61. The Morgan fingerprint density at radius 2 is 2.00 bits per heavy atom. The van der Waals surface area contributed by atoms with E-state index in [-0.39, 0.29) is 9.77 Å². The molecule has 1 aliphatic rings. The van der Waals surface area contributed by atoms with Crippen LogP contribution in [0.5, 0.6) is 0 Å². The number of fused-ring (bicyclic) bond motifs is 2.